The van der Waals surface area contributed by atoms with Gasteiger partial charge < -0.3 is 10.6 Å². The van der Waals surface area contributed by atoms with Gasteiger partial charge in [-0.2, -0.15) is 5.26 Å². The summed E-state index contributed by atoms with van der Waals surface area (Å²) in [6, 6.07) is 14.2. The highest BCUT2D eigenvalue weighted by atomic mass is 35.5. The van der Waals surface area contributed by atoms with Gasteiger partial charge in [0.05, 0.1) is 39.6 Å². The molecule has 212 valence electrons. The molecule has 2 N–H and O–H groups in total. The molecule has 0 unspecified atom stereocenters. The van der Waals surface area contributed by atoms with Gasteiger partial charge in [0, 0.05) is 41.6 Å². The second-order valence-corrected chi connectivity index (χ2v) is 13.3. The number of pyridine rings is 2. The van der Waals surface area contributed by atoms with Gasteiger partial charge in [-0.1, -0.05) is 55.8 Å². The van der Waals surface area contributed by atoms with Gasteiger partial charge in [0.2, 0.25) is 0 Å². The Hall–Kier alpha value is -4.22. The molecule has 7 rings (SSSR count). The highest BCUT2D eigenvalue weighted by molar-refractivity contribution is 6.35. The van der Waals surface area contributed by atoms with Crippen molar-refractivity contribution in [3.8, 4) is 6.07 Å². The summed E-state index contributed by atoms with van der Waals surface area (Å²) in [6.45, 7) is 7.15. The molecule has 42 heavy (non-hydrogen) atoms. The van der Waals surface area contributed by atoms with Crippen LogP contribution in [0, 0.1) is 22.7 Å². The van der Waals surface area contributed by atoms with Crippen LogP contribution in [-0.4, -0.2) is 31.5 Å². The molecule has 2 fully saturated rings. The number of nitrogens with one attached hydrogen (secondary N) is 2. The van der Waals surface area contributed by atoms with Crippen molar-refractivity contribution in [2.75, 3.05) is 17.2 Å². The summed E-state index contributed by atoms with van der Waals surface area (Å²) in [5, 5.41) is 30.0. The first-order valence-electron chi connectivity index (χ1n) is 14.5. The molecule has 3 heterocycles. The SMILES string of the molecule is CC(C)(C)CNc1c(C#N)cnc2c(Cl)cc(N[C@H](c3cn(C4(C5CC5)CC4)nn3)c3cccc4cnccc34)cc12. The average molecular weight is 577 g/mol. The predicted octanol–water partition coefficient (Wildman–Crippen LogP) is 7.46. The Balaban J connectivity index is 1.34. The Morgan fingerprint density at radius 3 is 2.71 bits per heavy atom. The van der Waals surface area contributed by atoms with Crippen LogP contribution in [0.5, 0.6) is 0 Å². The number of benzene rings is 2. The number of nitrogens with zero attached hydrogens (tertiary/aromatic N) is 6. The van der Waals surface area contributed by atoms with Crippen LogP contribution in [0.3, 0.4) is 0 Å². The molecule has 0 spiro atoms. The summed E-state index contributed by atoms with van der Waals surface area (Å²) >= 11 is 6.85. The molecule has 0 amide bonds. The van der Waals surface area contributed by atoms with Crippen molar-refractivity contribution in [3.05, 3.63) is 83.0 Å². The molecule has 9 heteroatoms. The van der Waals surface area contributed by atoms with Crippen molar-refractivity contribution in [1.82, 2.24) is 25.0 Å². The van der Waals surface area contributed by atoms with E-state index in [0.29, 0.717) is 28.6 Å². The summed E-state index contributed by atoms with van der Waals surface area (Å²) in [6.07, 6.45) is 12.3. The Morgan fingerprint density at radius 1 is 1.14 bits per heavy atom. The van der Waals surface area contributed by atoms with Gasteiger partial charge in [-0.05, 0) is 66.2 Å². The lowest BCUT2D eigenvalue weighted by Gasteiger charge is -2.23. The molecule has 0 saturated heterocycles. The number of nitriles is 1. The Labute approximate surface area is 250 Å². The van der Waals surface area contributed by atoms with E-state index in [2.05, 4.69) is 81.7 Å². The molecule has 5 aromatic rings. The van der Waals surface area contributed by atoms with E-state index < -0.39 is 0 Å². The van der Waals surface area contributed by atoms with Crippen LogP contribution in [-0.2, 0) is 5.54 Å². The minimum atomic E-state index is -0.300. The number of halogens is 1. The van der Waals surface area contributed by atoms with Crippen LogP contribution in [0.15, 0.2) is 61.2 Å². The summed E-state index contributed by atoms with van der Waals surface area (Å²) in [5.41, 5.74) is 4.74. The zero-order chi connectivity index (χ0) is 29.1. The third-order valence-corrected chi connectivity index (χ3v) is 8.83. The molecule has 3 aromatic heterocycles. The highest BCUT2D eigenvalue weighted by Crippen LogP contribution is 2.59. The van der Waals surface area contributed by atoms with E-state index in [9.17, 15) is 5.26 Å². The third-order valence-electron chi connectivity index (χ3n) is 8.54. The normalized spacial score (nSPS) is 16.7. The highest BCUT2D eigenvalue weighted by Gasteiger charge is 2.56. The first-order chi connectivity index (χ1) is 20.3. The summed E-state index contributed by atoms with van der Waals surface area (Å²) in [5.74, 6) is 0.710. The van der Waals surface area contributed by atoms with E-state index in [1.165, 1.54) is 12.8 Å². The van der Waals surface area contributed by atoms with Gasteiger partial charge in [0.15, 0.2) is 0 Å². The molecule has 1 atom stereocenters. The maximum absolute atomic E-state index is 9.90. The fourth-order valence-electron chi connectivity index (χ4n) is 6.05. The third kappa shape index (κ3) is 4.82. The monoisotopic (exact) mass is 576 g/mol. The van der Waals surface area contributed by atoms with Crippen molar-refractivity contribution < 1.29 is 0 Å². The first kappa shape index (κ1) is 26.7. The van der Waals surface area contributed by atoms with Crippen molar-refractivity contribution in [1.29, 1.82) is 5.26 Å². The zero-order valence-electron chi connectivity index (χ0n) is 24.0. The van der Waals surface area contributed by atoms with Crippen LogP contribution in [0.4, 0.5) is 11.4 Å². The number of hydrogen-bond acceptors (Lipinski definition) is 7. The molecular weight excluding hydrogens is 544 g/mol. The van der Waals surface area contributed by atoms with Gasteiger partial charge in [0.25, 0.3) is 0 Å². The standard InChI is InChI=1S/C33H33ClN8/c1-32(2,3)19-38-29-21(15-35)17-37-30-26(29)13-23(14-27(30)34)39-31(25-6-4-5-20-16-36-12-9-24(20)25)28-18-42(41-40-28)33(10-11-33)22-7-8-22/h4-6,9,12-14,16-18,22,31,39H,7-8,10-11,19H2,1-3H3,(H,37,38)/t31-/m0/s1. The van der Waals surface area contributed by atoms with E-state index in [1.54, 1.807) is 6.20 Å². The number of fused-ring (bicyclic) bond motifs is 2. The minimum Gasteiger partial charge on any atom is -0.383 e. The lowest BCUT2D eigenvalue weighted by Crippen LogP contribution is -2.20. The molecule has 2 saturated carbocycles. The maximum Gasteiger partial charge on any atom is 0.110 e. The summed E-state index contributed by atoms with van der Waals surface area (Å²) < 4.78 is 2.12. The number of rotatable bonds is 8. The number of anilines is 2. The Morgan fingerprint density at radius 2 is 1.98 bits per heavy atom. The summed E-state index contributed by atoms with van der Waals surface area (Å²) in [4.78, 5) is 8.88. The fourth-order valence-corrected chi connectivity index (χ4v) is 6.32. The van der Waals surface area contributed by atoms with Crippen molar-refractivity contribution in [2.24, 2.45) is 11.3 Å². The van der Waals surface area contributed by atoms with E-state index in [0.717, 1.165) is 51.6 Å². The van der Waals surface area contributed by atoms with Crippen LogP contribution in [0.2, 0.25) is 5.02 Å². The van der Waals surface area contributed by atoms with Gasteiger partial charge in [-0.15, -0.1) is 5.10 Å². The largest absolute Gasteiger partial charge is 0.383 e. The molecule has 2 aliphatic carbocycles. The molecule has 8 nitrogen and oxygen atoms in total. The van der Waals surface area contributed by atoms with Crippen LogP contribution in [0.25, 0.3) is 21.7 Å². The van der Waals surface area contributed by atoms with E-state index in [-0.39, 0.29) is 17.0 Å². The molecule has 2 aliphatic rings. The molecule has 2 aromatic carbocycles. The van der Waals surface area contributed by atoms with Gasteiger partial charge in [0.1, 0.15) is 11.8 Å². The van der Waals surface area contributed by atoms with E-state index in [1.807, 2.05) is 30.6 Å². The average Bonchev–Trinajstić information content (AvgIpc) is 3.91. The van der Waals surface area contributed by atoms with E-state index >= 15 is 0 Å². The number of aromatic nitrogens is 5. The first-order valence-corrected chi connectivity index (χ1v) is 14.9. The Kier molecular flexibility index (Phi) is 6.32. The fraction of sp³-hybridized carbons (Fsp3) is 0.364. The van der Waals surface area contributed by atoms with Gasteiger partial charge >= 0.3 is 0 Å². The van der Waals surface area contributed by atoms with Gasteiger partial charge in [-0.25, -0.2) is 4.68 Å². The van der Waals surface area contributed by atoms with Crippen LogP contribution in [0.1, 0.15) is 69.3 Å². The Bertz CT molecular complexity index is 1850. The van der Waals surface area contributed by atoms with Gasteiger partial charge in [-0.3, -0.25) is 9.97 Å². The quantitative estimate of drug-likeness (QED) is 0.197. The maximum atomic E-state index is 9.90. The molecular formula is C33H33ClN8. The van der Waals surface area contributed by atoms with E-state index in [4.69, 9.17) is 16.7 Å². The van der Waals surface area contributed by atoms with Crippen LogP contribution >= 0.6 is 11.6 Å². The lowest BCUT2D eigenvalue weighted by atomic mass is 9.96. The zero-order valence-corrected chi connectivity index (χ0v) is 24.8. The topological polar surface area (TPSA) is 104 Å². The molecule has 0 bridgehead atoms. The predicted molar refractivity (Wildman–Crippen MR) is 167 cm³/mol. The molecule has 0 radical (unpaired) electrons. The molecule has 0 aliphatic heterocycles. The van der Waals surface area contributed by atoms with Crippen molar-refractivity contribution in [3.63, 3.8) is 0 Å². The summed E-state index contributed by atoms with van der Waals surface area (Å²) in [7, 11) is 0. The van der Waals surface area contributed by atoms with Crippen molar-refractivity contribution >= 4 is 44.7 Å². The smallest absolute Gasteiger partial charge is 0.110 e. The van der Waals surface area contributed by atoms with Crippen molar-refractivity contribution in [2.45, 2.75) is 58.0 Å². The minimum absolute atomic E-state index is 0.0154. The van der Waals surface area contributed by atoms with Crippen LogP contribution < -0.4 is 10.6 Å². The number of hydrogen-bond donors (Lipinski definition) is 2. The second kappa shape index (κ2) is 9.95. The lowest BCUT2D eigenvalue weighted by molar-refractivity contribution is 0.371. The second-order valence-electron chi connectivity index (χ2n) is 12.9.